The summed E-state index contributed by atoms with van der Waals surface area (Å²) in [5.74, 6) is -0.0718. The lowest BCUT2D eigenvalue weighted by molar-refractivity contribution is -0.126. The molecular formula is C20H18ClN3O. The lowest BCUT2D eigenvalue weighted by Crippen LogP contribution is -2.28. The average Bonchev–Trinajstić information content (AvgIpc) is 2.64. The first-order valence-corrected chi connectivity index (χ1v) is 8.46. The van der Waals surface area contributed by atoms with E-state index in [1.807, 2.05) is 55.5 Å². The Hall–Kier alpha value is -2.72. The van der Waals surface area contributed by atoms with Gasteiger partial charge >= 0.3 is 0 Å². The highest BCUT2D eigenvalue weighted by atomic mass is 35.5. The predicted octanol–water partition coefficient (Wildman–Crippen LogP) is 4.35. The number of aromatic nitrogens is 2. The first-order chi connectivity index (χ1) is 12.2. The number of carbonyl (C=O) groups excluding carboxylic acids is 1. The van der Waals surface area contributed by atoms with Crippen LogP contribution < -0.4 is 0 Å². The number of likely N-dealkylation sites (N-methyl/N-ethyl adjacent to an activating group) is 1. The Balaban J connectivity index is 1.72. The van der Waals surface area contributed by atoms with Gasteiger partial charge in [0.15, 0.2) is 0 Å². The van der Waals surface area contributed by atoms with Gasteiger partial charge in [0.2, 0.25) is 5.91 Å². The maximum Gasteiger partial charge on any atom is 0.246 e. The van der Waals surface area contributed by atoms with Gasteiger partial charge in [-0.25, -0.2) is 4.98 Å². The van der Waals surface area contributed by atoms with Gasteiger partial charge in [0.25, 0.3) is 0 Å². The van der Waals surface area contributed by atoms with Gasteiger partial charge < -0.3 is 4.90 Å². The molecule has 0 spiro atoms. The molecule has 126 valence electrons. The molecule has 0 atom stereocenters. The van der Waals surface area contributed by atoms with Crippen LogP contribution in [0, 0.1) is 0 Å². The van der Waals surface area contributed by atoms with Crippen molar-refractivity contribution in [3.8, 4) is 0 Å². The SMILES string of the molecule is CCN(Cc1cccc(Cl)c1)C(=O)/C=C/c1cnc2ccccc2n1. The third-order valence-corrected chi connectivity index (χ3v) is 4.05. The van der Waals surface area contributed by atoms with Crippen molar-refractivity contribution in [2.24, 2.45) is 0 Å². The molecule has 0 N–H and O–H groups in total. The maximum absolute atomic E-state index is 12.5. The summed E-state index contributed by atoms with van der Waals surface area (Å²) in [7, 11) is 0. The van der Waals surface area contributed by atoms with E-state index in [0.29, 0.717) is 23.8 Å². The Morgan fingerprint density at radius 3 is 2.72 bits per heavy atom. The van der Waals surface area contributed by atoms with Gasteiger partial charge in [-0.3, -0.25) is 9.78 Å². The van der Waals surface area contributed by atoms with Crippen molar-refractivity contribution in [2.45, 2.75) is 13.5 Å². The Labute approximate surface area is 151 Å². The summed E-state index contributed by atoms with van der Waals surface area (Å²) in [6.07, 6.45) is 4.90. The number of amides is 1. The summed E-state index contributed by atoms with van der Waals surface area (Å²) in [6.45, 7) is 3.08. The molecule has 0 bridgehead atoms. The van der Waals surface area contributed by atoms with E-state index in [1.54, 1.807) is 17.2 Å². The second kappa shape index (κ2) is 7.90. The number of nitrogens with zero attached hydrogens (tertiary/aromatic N) is 3. The third-order valence-electron chi connectivity index (χ3n) is 3.82. The van der Waals surface area contributed by atoms with Crippen molar-refractivity contribution >= 4 is 34.6 Å². The standard InChI is InChI=1S/C20H18ClN3O/c1-2-24(14-15-6-5-7-16(21)12-15)20(25)11-10-17-13-22-18-8-3-4-9-19(18)23-17/h3-13H,2,14H2,1H3/b11-10+. The molecule has 1 heterocycles. The number of fused-ring (bicyclic) bond motifs is 1. The molecule has 25 heavy (non-hydrogen) atoms. The second-order valence-electron chi connectivity index (χ2n) is 5.60. The average molecular weight is 352 g/mol. The van der Waals surface area contributed by atoms with E-state index in [2.05, 4.69) is 9.97 Å². The van der Waals surface area contributed by atoms with Gasteiger partial charge in [-0.05, 0) is 42.8 Å². The fraction of sp³-hybridized carbons (Fsp3) is 0.150. The van der Waals surface area contributed by atoms with Crippen LogP contribution in [0.1, 0.15) is 18.2 Å². The highest BCUT2D eigenvalue weighted by molar-refractivity contribution is 6.30. The zero-order valence-corrected chi connectivity index (χ0v) is 14.6. The third kappa shape index (κ3) is 4.43. The molecular weight excluding hydrogens is 334 g/mol. The lowest BCUT2D eigenvalue weighted by Gasteiger charge is -2.19. The van der Waals surface area contributed by atoms with Crippen LogP contribution in [0.25, 0.3) is 17.1 Å². The molecule has 4 nitrogen and oxygen atoms in total. The van der Waals surface area contributed by atoms with Crippen LogP contribution in [0.5, 0.6) is 0 Å². The smallest absolute Gasteiger partial charge is 0.246 e. The number of carbonyl (C=O) groups is 1. The van der Waals surface area contributed by atoms with Crippen LogP contribution in [0.4, 0.5) is 0 Å². The van der Waals surface area contributed by atoms with Gasteiger partial charge in [-0.2, -0.15) is 0 Å². The number of para-hydroxylation sites is 2. The normalized spacial score (nSPS) is 11.1. The van der Waals surface area contributed by atoms with E-state index < -0.39 is 0 Å². The molecule has 0 unspecified atom stereocenters. The predicted molar refractivity (Wildman–Crippen MR) is 101 cm³/mol. The maximum atomic E-state index is 12.5. The fourth-order valence-corrected chi connectivity index (χ4v) is 2.73. The first kappa shape index (κ1) is 17.1. The molecule has 3 aromatic rings. The molecule has 3 rings (SSSR count). The molecule has 5 heteroatoms. The summed E-state index contributed by atoms with van der Waals surface area (Å²) in [6, 6.07) is 15.2. The number of rotatable bonds is 5. The number of benzene rings is 2. The zero-order valence-electron chi connectivity index (χ0n) is 13.9. The summed E-state index contributed by atoms with van der Waals surface area (Å²) in [5, 5.41) is 0.669. The Morgan fingerprint density at radius 1 is 1.16 bits per heavy atom. The second-order valence-corrected chi connectivity index (χ2v) is 6.04. The molecule has 0 fully saturated rings. The number of halogens is 1. The fourth-order valence-electron chi connectivity index (χ4n) is 2.52. The Kier molecular flexibility index (Phi) is 5.41. The van der Waals surface area contributed by atoms with Crippen LogP contribution in [0.2, 0.25) is 5.02 Å². The summed E-state index contributed by atoms with van der Waals surface area (Å²) < 4.78 is 0. The zero-order chi connectivity index (χ0) is 17.6. The van der Waals surface area contributed by atoms with E-state index in [0.717, 1.165) is 16.6 Å². The quantitative estimate of drug-likeness (QED) is 0.642. The molecule has 1 amide bonds. The van der Waals surface area contributed by atoms with Gasteiger partial charge in [0.1, 0.15) is 0 Å². The minimum Gasteiger partial charge on any atom is -0.335 e. The summed E-state index contributed by atoms with van der Waals surface area (Å²) in [5.41, 5.74) is 3.30. The van der Waals surface area contributed by atoms with Gasteiger partial charge in [0, 0.05) is 24.2 Å². The van der Waals surface area contributed by atoms with E-state index in [9.17, 15) is 4.79 Å². The first-order valence-electron chi connectivity index (χ1n) is 8.09. The van der Waals surface area contributed by atoms with Crippen LogP contribution in [0.3, 0.4) is 0 Å². The van der Waals surface area contributed by atoms with Crippen molar-refractivity contribution < 1.29 is 4.79 Å². The van der Waals surface area contributed by atoms with E-state index >= 15 is 0 Å². The molecule has 0 aliphatic rings. The van der Waals surface area contributed by atoms with Gasteiger partial charge in [0.05, 0.1) is 22.9 Å². The number of hydrogen-bond acceptors (Lipinski definition) is 3. The topological polar surface area (TPSA) is 46.1 Å². The van der Waals surface area contributed by atoms with Crippen molar-refractivity contribution in [2.75, 3.05) is 6.54 Å². The van der Waals surface area contributed by atoms with Crippen molar-refractivity contribution in [3.63, 3.8) is 0 Å². The van der Waals surface area contributed by atoms with Gasteiger partial charge in [-0.1, -0.05) is 35.9 Å². The van der Waals surface area contributed by atoms with Crippen molar-refractivity contribution in [3.05, 3.63) is 77.1 Å². The van der Waals surface area contributed by atoms with Crippen LogP contribution in [-0.2, 0) is 11.3 Å². The van der Waals surface area contributed by atoms with Crippen LogP contribution in [-0.4, -0.2) is 27.3 Å². The molecule has 0 saturated heterocycles. The van der Waals surface area contributed by atoms with E-state index in [4.69, 9.17) is 11.6 Å². The van der Waals surface area contributed by atoms with E-state index in [-0.39, 0.29) is 5.91 Å². The van der Waals surface area contributed by atoms with E-state index in [1.165, 1.54) is 6.08 Å². The molecule has 1 aromatic heterocycles. The Morgan fingerprint density at radius 2 is 1.96 bits per heavy atom. The van der Waals surface area contributed by atoms with Crippen LogP contribution in [0.15, 0.2) is 60.8 Å². The summed E-state index contributed by atoms with van der Waals surface area (Å²) >= 11 is 6.01. The molecule has 2 aromatic carbocycles. The molecule has 0 radical (unpaired) electrons. The Bertz CT molecular complexity index is 923. The molecule has 0 aliphatic carbocycles. The minimum absolute atomic E-state index is 0.0718. The molecule has 0 aliphatic heterocycles. The largest absolute Gasteiger partial charge is 0.335 e. The van der Waals surface area contributed by atoms with Crippen molar-refractivity contribution in [1.29, 1.82) is 0 Å². The lowest BCUT2D eigenvalue weighted by atomic mass is 10.2. The number of hydrogen-bond donors (Lipinski definition) is 0. The van der Waals surface area contributed by atoms with Gasteiger partial charge in [-0.15, -0.1) is 0 Å². The highest BCUT2D eigenvalue weighted by Gasteiger charge is 2.09. The monoisotopic (exact) mass is 351 g/mol. The van der Waals surface area contributed by atoms with Crippen molar-refractivity contribution in [1.82, 2.24) is 14.9 Å². The van der Waals surface area contributed by atoms with Crippen LogP contribution >= 0.6 is 11.6 Å². The summed E-state index contributed by atoms with van der Waals surface area (Å²) in [4.78, 5) is 23.0. The highest BCUT2D eigenvalue weighted by Crippen LogP contribution is 2.13. The molecule has 0 saturated carbocycles. The minimum atomic E-state index is -0.0718.